The van der Waals surface area contributed by atoms with Gasteiger partial charge in [-0.3, -0.25) is 0 Å². The van der Waals surface area contributed by atoms with Gasteiger partial charge in [0.2, 0.25) is 10.0 Å². The third-order valence-corrected chi connectivity index (χ3v) is 7.16. The molecule has 2 N–H and O–H groups in total. The van der Waals surface area contributed by atoms with Crippen LogP contribution in [0.1, 0.15) is 53.9 Å². The molecule has 1 rings (SSSR count). The van der Waals surface area contributed by atoms with Crippen LogP contribution in [0.4, 0.5) is 0 Å². The van der Waals surface area contributed by atoms with Crippen molar-refractivity contribution in [3.63, 3.8) is 0 Å². The van der Waals surface area contributed by atoms with Gasteiger partial charge in [-0.25, -0.2) is 18.1 Å². The summed E-state index contributed by atoms with van der Waals surface area (Å²) in [5.74, 6) is 0. The Bertz CT molecular complexity index is 732. The first kappa shape index (κ1) is 26.0. The smallest absolute Gasteiger partial charge is 0.211 e. The van der Waals surface area contributed by atoms with E-state index >= 15 is 0 Å². The molecule has 0 aromatic rings. The first-order valence-corrected chi connectivity index (χ1v) is 12.5. The number of rotatable bonds is 10. The van der Waals surface area contributed by atoms with Crippen molar-refractivity contribution in [1.82, 2.24) is 20.1 Å². The molecule has 0 radical (unpaired) electrons. The quantitative estimate of drug-likeness (QED) is 0.394. The summed E-state index contributed by atoms with van der Waals surface area (Å²) < 4.78 is 25.3. The van der Waals surface area contributed by atoms with Crippen molar-refractivity contribution in [2.24, 2.45) is 5.41 Å². The summed E-state index contributed by atoms with van der Waals surface area (Å²) in [6.07, 6.45) is 8.18. The Hall–Kier alpha value is -1.02. The number of likely N-dealkylation sites (tertiary alicyclic amines) is 1. The fourth-order valence-electron chi connectivity index (χ4n) is 3.65. The molecule has 0 spiro atoms. The fourth-order valence-corrected chi connectivity index (χ4v) is 4.81. The maximum absolute atomic E-state index is 11.9. The Labute approximate surface area is 183 Å². The lowest BCUT2D eigenvalue weighted by Crippen LogP contribution is -2.40. The van der Waals surface area contributed by atoms with Gasteiger partial charge in [0.05, 0.1) is 6.26 Å². The van der Waals surface area contributed by atoms with Crippen molar-refractivity contribution in [3.05, 3.63) is 34.2 Å². The number of hydrogen-bond acceptors (Lipinski definition) is 5. The van der Waals surface area contributed by atoms with Gasteiger partial charge < -0.3 is 10.3 Å². The van der Waals surface area contributed by atoms with E-state index in [1.165, 1.54) is 11.8 Å². The third-order valence-electron chi connectivity index (χ3n) is 5.56. The zero-order valence-electron chi connectivity index (χ0n) is 19.1. The molecule has 168 valence electrons. The number of nitrogens with one attached hydrogen (secondary N) is 2. The highest BCUT2D eigenvalue weighted by Gasteiger charge is 2.31. The second-order valence-electron chi connectivity index (χ2n) is 8.42. The number of halogens is 1. The normalized spacial score (nSPS) is 18.2. The van der Waals surface area contributed by atoms with Crippen LogP contribution in [0.5, 0.6) is 0 Å². The lowest BCUT2D eigenvalue weighted by atomic mass is 9.77. The van der Waals surface area contributed by atoms with E-state index in [4.69, 9.17) is 11.6 Å². The molecule has 0 bridgehead atoms. The largest absolute Gasteiger partial charge is 0.372 e. The lowest BCUT2D eigenvalue weighted by Gasteiger charge is -2.42. The summed E-state index contributed by atoms with van der Waals surface area (Å²) in [6.45, 7) is 13.4. The third kappa shape index (κ3) is 8.70. The molecular weight excluding hydrogens is 408 g/mol. The molecule has 0 unspecified atom stereocenters. The standard InChI is InChI=1S/C21H39ClN4O2S/c1-8-26(29(7,27)28)14-11-21(5)9-12-25(13-10-21)20(17(2)3)16-19(22)15-18(4)24-23-6/h15-16,23-24H,8-14H2,1-7H3/b18-15+,19-16+. The molecule has 1 fully saturated rings. The number of allylic oxidation sites excluding steroid dienone is 5. The summed E-state index contributed by atoms with van der Waals surface area (Å²) in [7, 11) is -1.31. The van der Waals surface area contributed by atoms with Crippen LogP contribution in [-0.2, 0) is 10.0 Å². The summed E-state index contributed by atoms with van der Waals surface area (Å²) in [6, 6.07) is 0. The Morgan fingerprint density at radius 3 is 2.24 bits per heavy atom. The first-order chi connectivity index (χ1) is 13.4. The van der Waals surface area contributed by atoms with Gasteiger partial charge in [-0.1, -0.05) is 31.0 Å². The molecule has 8 heteroatoms. The molecule has 0 atom stereocenters. The highest BCUT2D eigenvalue weighted by atomic mass is 35.5. The zero-order chi connectivity index (χ0) is 22.2. The van der Waals surface area contributed by atoms with Crippen LogP contribution < -0.4 is 10.9 Å². The van der Waals surface area contributed by atoms with Gasteiger partial charge in [0.25, 0.3) is 0 Å². The van der Waals surface area contributed by atoms with Gasteiger partial charge in [0.1, 0.15) is 0 Å². The highest BCUT2D eigenvalue weighted by molar-refractivity contribution is 7.88. The van der Waals surface area contributed by atoms with Crippen LogP contribution in [0.3, 0.4) is 0 Å². The number of hydrazine groups is 1. The van der Waals surface area contributed by atoms with Crippen molar-refractivity contribution >= 4 is 21.6 Å². The van der Waals surface area contributed by atoms with Gasteiger partial charge in [-0.05, 0) is 57.6 Å². The minimum absolute atomic E-state index is 0.155. The van der Waals surface area contributed by atoms with Crippen LogP contribution in [0.25, 0.3) is 0 Å². The van der Waals surface area contributed by atoms with E-state index in [2.05, 4.69) is 36.5 Å². The number of piperidine rings is 1. The molecule has 1 aliphatic heterocycles. The van der Waals surface area contributed by atoms with Crippen molar-refractivity contribution in [3.8, 4) is 0 Å². The molecular formula is C21H39ClN4O2S. The summed E-state index contributed by atoms with van der Waals surface area (Å²) in [5.41, 5.74) is 9.40. The SMILES string of the molecule is CCN(CCC1(C)CCN(C(/C=C(Cl)\C=C(/C)NNC)=C(C)C)CC1)S(C)(=O)=O. The number of hydrogen-bond donors (Lipinski definition) is 2. The second-order valence-corrected chi connectivity index (χ2v) is 10.8. The van der Waals surface area contributed by atoms with Crippen LogP contribution >= 0.6 is 11.6 Å². The molecule has 1 aliphatic rings. The molecule has 1 saturated heterocycles. The maximum Gasteiger partial charge on any atom is 0.211 e. The Balaban J connectivity index is 2.80. The number of nitrogens with zero attached hydrogens (tertiary/aromatic N) is 2. The van der Waals surface area contributed by atoms with E-state index < -0.39 is 10.0 Å². The van der Waals surface area contributed by atoms with Crippen molar-refractivity contribution in [2.75, 3.05) is 39.5 Å². The van der Waals surface area contributed by atoms with E-state index in [1.54, 1.807) is 4.31 Å². The number of sulfonamides is 1. The van der Waals surface area contributed by atoms with Crippen LogP contribution in [0.2, 0.25) is 0 Å². The van der Waals surface area contributed by atoms with E-state index in [1.807, 2.05) is 33.0 Å². The van der Waals surface area contributed by atoms with Crippen LogP contribution in [0.15, 0.2) is 34.2 Å². The average Bonchev–Trinajstić information content (AvgIpc) is 2.60. The Morgan fingerprint density at radius 1 is 1.21 bits per heavy atom. The summed E-state index contributed by atoms with van der Waals surface area (Å²) in [5, 5.41) is 0.682. The van der Waals surface area contributed by atoms with Gasteiger partial charge >= 0.3 is 0 Å². The van der Waals surface area contributed by atoms with Crippen LogP contribution in [0, 0.1) is 5.41 Å². The molecule has 6 nitrogen and oxygen atoms in total. The molecule has 1 heterocycles. The van der Waals surface area contributed by atoms with Crippen molar-refractivity contribution in [2.45, 2.75) is 53.9 Å². The Kier molecular flexibility index (Phi) is 10.2. The maximum atomic E-state index is 11.9. The van der Waals surface area contributed by atoms with Gasteiger partial charge in [-0.2, -0.15) is 0 Å². The molecule has 0 amide bonds. The van der Waals surface area contributed by atoms with E-state index in [9.17, 15) is 8.42 Å². The van der Waals surface area contributed by atoms with E-state index in [0.717, 1.165) is 43.7 Å². The van der Waals surface area contributed by atoms with Gasteiger partial charge in [0, 0.05) is 49.7 Å². The van der Waals surface area contributed by atoms with Crippen molar-refractivity contribution < 1.29 is 8.42 Å². The predicted octanol–water partition coefficient (Wildman–Crippen LogP) is 3.80. The van der Waals surface area contributed by atoms with Crippen LogP contribution in [-0.4, -0.2) is 57.1 Å². The van der Waals surface area contributed by atoms with E-state index in [0.29, 0.717) is 18.1 Å². The molecule has 0 saturated carbocycles. The first-order valence-electron chi connectivity index (χ1n) is 10.3. The van der Waals surface area contributed by atoms with Gasteiger partial charge in [0.15, 0.2) is 0 Å². The molecule has 0 aromatic carbocycles. The Morgan fingerprint density at radius 2 is 1.79 bits per heavy atom. The minimum Gasteiger partial charge on any atom is -0.372 e. The monoisotopic (exact) mass is 446 g/mol. The molecule has 29 heavy (non-hydrogen) atoms. The topological polar surface area (TPSA) is 64.7 Å². The lowest BCUT2D eigenvalue weighted by molar-refractivity contribution is 0.129. The van der Waals surface area contributed by atoms with Crippen molar-refractivity contribution in [1.29, 1.82) is 0 Å². The minimum atomic E-state index is -3.13. The summed E-state index contributed by atoms with van der Waals surface area (Å²) in [4.78, 5) is 2.39. The highest BCUT2D eigenvalue weighted by Crippen LogP contribution is 2.36. The summed E-state index contributed by atoms with van der Waals surface area (Å²) >= 11 is 6.46. The zero-order valence-corrected chi connectivity index (χ0v) is 20.7. The second kappa shape index (κ2) is 11.4. The average molecular weight is 447 g/mol. The van der Waals surface area contributed by atoms with E-state index in [-0.39, 0.29) is 5.41 Å². The van der Waals surface area contributed by atoms with Gasteiger partial charge in [-0.15, -0.1) is 0 Å². The molecule has 0 aromatic heterocycles. The fraction of sp³-hybridized carbons (Fsp3) is 0.714. The predicted molar refractivity (Wildman–Crippen MR) is 124 cm³/mol. The molecule has 0 aliphatic carbocycles.